The molecule has 58 valence electrons. The first kappa shape index (κ1) is 8.73. The lowest BCUT2D eigenvalue weighted by molar-refractivity contribution is -0.278. The topological polar surface area (TPSA) is 52.6 Å². The molecule has 0 aliphatic rings. The highest BCUT2D eigenvalue weighted by molar-refractivity contribution is 5.75. The molecule has 0 atom stereocenters. The summed E-state index contributed by atoms with van der Waals surface area (Å²) in [7, 11) is 0. The third-order valence-corrected chi connectivity index (χ3v) is 0.395. The summed E-state index contributed by atoms with van der Waals surface area (Å²) in [6.07, 6.45) is -5.14. The van der Waals surface area contributed by atoms with E-state index in [4.69, 9.17) is 4.79 Å². The van der Waals surface area contributed by atoms with Crippen molar-refractivity contribution in [1.82, 2.24) is 0 Å². The van der Waals surface area contributed by atoms with Gasteiger partial charge in [-0.05, 0) is 0 Å². The number of halogens is 3. The van der Waals surface area contributed by atoms with Crippen LogP contribution in [-0.4, -0.2) is 18.6 Å². The third-order valence-electron chi connectivity index (χ3n) is 0.395. The molecule has 4 nitrogen and oxygen atoms in total. The van der Waals surface area contributed by atoms with Crippen molar-refractivity contribution in [2.45, 2.75) is 6.18 Å². The summed E-state index contributed by atoms with van der Waals surface area (Å²) in [5, 5.41) is 0. The fourth-order valence-electron chi connectivity index (χ4n) is 0.111. The quantitative estimate of drug-likeness (QED) is 0.326. The van der Waals surface area contributed by atoms with Crippen LogP contribution < -0.4 is 0 Å². The van der Waals surface area contributed by atoms with Crippen LogP contribution in [0.3, 0.4) is 0 Å². The Hall–Kier alpha value is -1.27. The van der Waals surface area contributed by atoms with Gasteiger partial charge in [-0.2, -0.15) is 13.2 Å². The molecule has 0 N–H and O–H groups in total. The zero-order chi connectivity index (χ0) is 8.20. The van der Waals surface area contributed by atoms with E-state index in [-0.39, 0.29) is 0 Å². The van der Waals surface area contributed by atoms with Crippen LogP contribution in [0.5, 0.6) is 0 Å². The highest BCUT2D eigenvalue weighted by Gasteiger charge is 2.42. The second-order valence-corrected chi connectivity index (χ2v) is 1.06. The molecule has 10 heavy (non-hydrogen) atoms. The zero-order valence-corrected chi connectivity index (χ0v) is 4.34. The van der Waals surface area contributed by atoms with Crippen molar-refractivity contribution in [2.75, 3.05) is 0 Å². The van der Waals surface area contributed by atoms with Crippen molar-refractivity contribution in [3.05, 3.63) is 0 Å². The van der Waals surface area contributed by atoms with Crippen molar-refractivity contribution in [1.29, 1.82) is 0 Å². The molecule has 0 fully saturated rings. The first-order valence-electron chi connectivity index (χ1n) is 1.86. The number of hydrogen-bond acceptors (Lipinski definition) is 4. The van der Waals surface area contributed by atoms with E-state index in [2.05, 4.69) is 9.78 Å². The van der Waals surface area contributed by atoms with E-state index < -0.39 is 18.6 Å². The van der Waals surface area contributed by atoms with Crippen molar-refractivity contribution in [3.8, 4) is 0 Å². The molecule has 0 saturated carbocycles. The van der Waals surface area contributed by atoms with Crippen LogP contribution in [0.4, 0.5) is 13.2 Å². The molecule has 0 amide bonds. The number of hydrogen-bond donors (Lipinski definition) is 0. The Bertz CT molecular complexity index is 139. The summed E-state index contributed by atoms with van der Waals surface area (Å²) in [5.74, 6) is -2.57. The molecule has 0 saturated heterocycles. The summed E-state index contributed by atoms with van der Waals surface area (Å²) in [6, 6.07) is 0. The van der Waals surface area contributed by atoms with Crippen molar-refractivity contribution in [2.24, 2.45) is 0 Å². The molecule has 0 aromatic carbocycles. The lowest BCUT2D eigenvalue weighted by Crippen LogP contribution is -2.25. The minimum Gasteiger partial charge on any atom is -0.251 e. The maximum Gasteiger partial charge on any atom is 0.495 e. The average Bonchev–Trinajstić information content (AvgIpc) is 1.80. The SMILES string of the molecule is O=COOC(=O)C(F)(F)F. The van der Waals surface area contributed by atoms with E-state index in [1.165, 1.54) is 0 Å². The van der Waals surface area contributed by atoms with Gasteiger partial charge in [0.2, 0.25) is 0 Å². The summed E-state index contributed by atoms with van der Waals surface area (Å²) in [6.45, 7) is -0.441. The largest absolute Gasteiger partial charge is 0.495 e. The summed E-state index contributed by atoms with van der Waals surface area (Å²) >= 11 is 0. The first-order valence-corrected chi connectivity index (χ1v) is 1.86. The van der Waals surface area contributed by atoms with E-state index in [0.717, 1.165) is 0 Å². The van der Waals surface area contributed by atoms with Crippen LogP contribution in [0.15, 0.2) is 0 Å². The van der Waals surface area contributed by atoms with Gasteiger partial charge in [0, 0.05) is 0 Å². The predicted molar refractivity (Wildman–Crippen MR) is 19.3 cm³/mol. The molecular weight excluding hydrogens is 157 g/mol. The smallest absolute Gasteiger partial charge is 0.251 e. The second kappa shape index (κ2) is 3.04. The Morgan fingerprint density at radius 1 is 1.40 bits per heavy atom. The minimum absolute atomic E-state index is 0.441. The van der Waals surface area contributed by atoms with Crippen molar-refractivity contribution >= 4 is 12.4 Å². The molecule has 0 aliphatic heterocycles. The van der Waals surface area contributed by atoms with E-state index in [1.54, 1.807) is 0 Å². The number of carbonyl (C=O) groups excluding carboxylic acids is 2. The van der Waals surface area contributed by atoms with Gasteiger partial charge in [-0.3, -0.25) is 9.68 Å². The van der Waals surface area contributed by atoms with E-state index in [9.17, 15) is 18.0 Å². The lowest BCUT2D eigenvalue weighted by Gasteiger charge is -2.00. The Kier molecular flexibility index (Phi) is 2.65. The molecule has 0 bridgehead atoms. The molecule has 0 heterocycles. The fourth-order valence-corrected chi connectivity index (χ4v) is 0.111. The molecule has 0 unspecified atom stereocenters. The van der Waals surface area contributed by atoms with E-state index in [1.807, 2.05) is 0 Å². The molecule has 0 aliphatic carbocycles. The van der Waals surface area contributed by atoms with Gasteiger partial charge in [0.1, 0.15) is 0 Å². The fraction of sp³-hybridized carbons (Fsp3) is 0.333. The van der Waals surface area contributed by atoms with Crippen molar-refractivity contribution in [3.63, 3.8) is 0 Å². The average molecular weight is 158 g/mol. The van der Waals surface area contributed by atoms with E-state index in [0.29, 0.717) is 0 Å². The van der Waals surface area contributed by atoms with Gasteiger partial charge in [-0.25, -0.2) is 9.68 Å². The lowest BCUT2D eigenvalue weighted by atomic mass is 10.7. The molecule has 0 aromatic rings. The van der Waals surface area contributed by atoms with Crippen molar-refractivity contribution < 1.29 is 32.5 Å². The summed E-state index contributed by atoms with van der Waals surface area (Å²) in [4.78, 5) is 24.8. The molecule has 7 heteroatoms. The van der Waals surface area contributed by atoms with Gasteiger partial charge in [0.05, 0.1) is 0 Å². The Morgan fingerprint density at radius 2 is 1.90 bits per heavy atom. The highest BCUT2D eigenvalue weighted by atomic mass is 19.4. The Labute approximate surface area is 52.4 Å². The van der Waals surface area contributed by atoms with Crippen LogP contribution in [0.1, 0.15) is 0 Å². The monoisotopic (exact) mass is 158 g/mol. The number of carbonyl (C=O) groups is 2. The Morgan fingerprint density at radius 3 is 2.20 bits per heavy atom. The molecule has 0 aromatic heterocycles. The van der Waals surface area contributed by atoms with Crippen LogP contribution in [0.25, 0.3) is 0 Å². The zero-order valence-electron chi connectivity index (χ0n) is 4.34. The molecule has 0 spiro atoms. The summed E-state index contributed by atoms with van der Waals surface area (Å²) in [5.41, 5.74) is 0. The predicted octanol–water partition coefficient (Wildman–Crippen LogP) is 0.180. The van der Waals surface area contributed by atoms with Crippen LogP contribution >= 0.6 is 0 Å². The second-order valence-electron chi connectivity index (χ2n) is 1.06. The van der Waals surface area contributed by atoms with Crippen LogP contribution in [-0.2, 0) is 19.4 Å². The van der Waals surface area contributed by atoms with Gasteiger partial charge < -0.3 is 0 Å². The first-order chi connectivity index (χ1) is 4.48. The highest BCUT2D eigenvalue weighted by Crippen LogP contribution is 2.15. The van der Waals surface area contributed by atoms with E-state index >= 15 is 0 Å². The minimum atomic E-state index is -5.14. The molecule has 0 radical (unpaired) electrons. The van der Waals surface area contributed by atoms with Gasteiger partial charge >= 0.3 is 18.6 Å². The molecule has 0 rings (SSSR count). The van der Waals surface area contributed by atoms with Crippen LogP contribution in [0, 0.1) is 0 Å². The standard InChI is InChI=1S/C3HF3O4/c4-3(5,6)2(8)10-9-1-7/h1H. The molecular formula is C3HF3O4. The maximum atomic E-state index is 11.1. The van der Waals surface area contributed by atoms with Gasteiger partial charge in [-0.1, -0.05) is 0 Å². The third kappa shape index (κ3) is 2.90. The Balaban J connectivity index is 3.74. The summed E-state index contributed by atoms with van der Waals surface area (Å²) < 4.78 is 33.3. The van der Waals surface area contributed by atoms with Gasteiger partial charge in [-0.15, -0.1) is 0 Å². The maximum absolute atomic E-state index is 11.1. The number of rotatable bonds is 2. The van der Waals surface area contributed by atoms with Gasteiger partial charge in [0.25, 0.3) is 0 Å². The normalized spacial score (nSPS) is 10.3. The van der Waals surface area contributed by atoms with Crippen LogP contribution in [0.2, 0.25) is 0 Å². The number of alkyl halides is 3. The van der Waals surface area contributed by atoms with Gasteiger partial charge in [0.15, 0.2) is 0 Å².